The second-order valence-electron chi connectivity index (χ2n) is 9.09. The normalized spacial score (nSPS) is 19.6. The molecule has 2 atom stereocenters. The molecule has 2 saturated heterocycles. The highest BCUT2D eigenvalue weighted by atomic mass is 35.5. The molecule has 2 heterocycles. The van der Waals surface area contributed by atoms with Gasteiger partial charge in [0.25, 0.3) is 11.8 Å². The number of fused-ring (bicyclic) bond motifs is 1. The number of primary sulfonamides is 1. The van der Waals surface area contributed by atoms with Gasteiger partial charge in [-0.1, -0.05) is 35.9 Å². The van der Waals surface area contributed by atoms with Gasteiger partial charge in [0.1, 0.15) is 0 Å². The Hall–Kier alpha value is -3.20. The Labute approximate surface area is 209 Å². The van der Waals surface area contributed by atoms with Gasteiger partial charge in [-0.3, -0.25) is 9.59 Å². The van der Waals surface area contributed by atoms with Crippen LogP contribution in [0.15, 0.2) is 77.7 Å². The van der Waals surface area contributed by atoms with E-state index in [2.05, 4.69) is 0 Å². The van der Waals surface area contributed by atoms with Gasteiger partial charge in [0.05, 0.1) is 4.90 Å². The van der Waals surface area contributed by atoms with E-state index in [0.717, 1.165) is 11.1 Å². The summed E-state index contributed by atoms with van der Waals surface area (Å²) in [6.45, 7) is 2.35. The molecule has 7 nitrogen and oxygen atoms in total. The SMILES string of the molecule is NS(=O)(=O)c1ccc(C(=O)N2CC3CN(C(=O)c4ccc(-c5ccc(Cl)cc5)cc4)CC3C2)cc1. The first-order valence-electron chi connectivity index (χ1n) is 11.3. The fourth-order valence-corrected chi connectivity index (χ4v) is 5.57. The van der Waals surface area contributed by atoms with Crippen LogP contribution < -0.4 is 5.14 Å². The van der Waals surface area contributed by atoms with Gasteiger partial charge in [-0.25, -0.2) is 13.6 Å². The van der Waals surface area contributed by atoms with Crippen LogP contribution in [0.5, 0.6) is 0 Å². The lowest BCUT2D eigenvalue weighted by atomic mass is 10.0. The first-order chi connectivity index (χ1) is 16.7. The number of nitrogens with zero attached hydrogens (tertiary/aromatic N) is 2. The largest absolute Gasteiger partial charge is 0.338 e. The molecule has 180 valence electrons. The molecule has 0 radical (unpaired) electrons. The van der Waals surface area contributed by atoms with Crippen LogP contribution in [0, 0.1) is 11.8 Å². The first-order valence-corrected chi connectivity index (χ1v) is 13.2. The maximum atomic E-state index is 13.1. The number of hydrogen-bond donors (Lipinski definition) is 1. The molecule has 2 amide bonds. The van der Waals surface area contributed by atoms with Crippen molar-refractivity contribution >= 4 is 33.4 Å². The number of carbonyl (C=O) groups excluding carboxylic acids is 2. The second-order valence-corrected chi connectivity index (χ2v) is 11.1. The monoisotopic (exact) mass is 509 g/mol. The number of benzene rings is 3. The summed E-state index contributed by atoms with van der Waals surface area (Å²) in [5, 5.41) is 5.81. The van der Waals surface area contributed by atoms with Gasteiger partial charge in [0.2, 0.25) is 10.0 Å². The van der Waals surface area contributed by atoms with E-state index >= 15 is 0 Å². The van der Waals surface area contributed by atoms with E-state index in [-0.39, 0.29) is 28.5 Å². The van der Waals surface area contributed by atoms with Gasteiger partial charge in [0.15, 0.2) is 0 Å². The zero-order chi connectivity index (χ0) is 24.7. The van der Waals surface area contributed by atoms with Crippen molar-refractivity contribution in [2.75, 3.05) is 26.2 Å². The number of hydrogen-bond acceptors (Lipinski definition) is 4. The Morgan fingerprint density at radius 2 is 1.06 bits per heavy atom. The quantitative estimate of drug-likeness (QED) is 0.581. The molecule has 0 aliphatic carbocycles. The molecule has 5 rings (SSSR count). The molecule has 2 unspecified atom stereocenters. The maximum Gasteiger partial charge on any atom is 0.253 e. The van der Waals surface area contributed by atoms with Crippen molar-refractivity contribution in [3.63, 3.8) is 0 Å². The molecule has 2 aliphatic rings. The molecule has 0 saturated carbocycles. The van der Waals surface area contributed by atoms with Crippen molar-refractivity contribution in [1.82, 2.24) is 9.80 Å². The van der Waals surface area contributed by atoms with Gasteiger partial charge in [-0.2, -0.15) is 0 Å². The number of halogens is 1. The van der Waals surface area contributed by atoms with E-state index in [0.29, 0.717) is 42.3 Å². The van der Waals surface area contributed by atoms with Crippen molar-refractivity contribution in [2.24, 2.45) is 17.0 Å². The number of nitrogens with two attached hydrogens (primary N) is 1. The zero-order valence-electron chi connectivity index (χ0n) is 18.8. The van der Waals surface area contributed by atoms with E-state index in [1.54, 1.807) is 4.90 Å². The maximum absolute atomic E-state index is 13.1. The average Bonchev–Trinajstić information content (AvgIpc) is 3.43. The molecular weight excluding hydrogens is 486 g/mol. The molecule has 9 heteroatoms. The molecular formula is C26H24ClN3O4S. The van der Waals surface area contributed by atoms with E-state index in [9.17, 15) is 18.0 Å². The molecule has 0 bridgehead atoms. The minimum absolute atomic E-state index is 0.00137. The molecule has 0 spiro atoms. The standard InChI is InChI=1S/C26H24ClN3O4S/c27-23-9-5-18(6-10-23)17-1-3-19(4-2-17)25(31)29-13-21-15-30(16-22(21)14-29)26(32)20-7-11-24(12-8-20)35(28,33)34/h1-12,21-22H,13-16H2,(H2,28,33,34). The fraction of sp³-hybridized carbons (Fsp3) is 0.231. The molecule has 0 aromatic heterocycles. The van der Waals surface area contributed by atoms with Gasteiger partial charge in [-0.05, 0) is 59.7 Å². The molecule has 35 heavy (non-hydrogen) atoms. The molecule has 3 aromatic rings. The Bertz CT molecular complexity index is 1360. The van der Waals surface area contributed by atoms with E-state index in [1.807, 2.05) is 53.4 Å². The lowest BCUT2D eigenvalue weighted by Crippen LogP contribution is -2.35. The summed E-state index contributed by atoms with van der Waals surface area (Å²) < 4.78 is 22.9. The Morgan fingerprint density at radius 1 is 0.686 bits per heavy atom. The Balaban J connectivity index is 1.20. The van der Waals surface area contributed by atoms with E-state index < -0.39 is 10.0 Å². The van der Waals surface area contributed by atoms with Crippen LogP contribution in [-0.4, -0.2) is 56.2 Å². The zero-order valence-corrected chi connectivity index (χ0v) is 20.4. The van der Waals surface area contributed by atoms with Gasteiger partial charge < -0.3 is 9.80 Å². The molecule has 2 aliphatic heterocycles. The summed E-state index contributed by atoms with van der Waals surface area (Å²) in [6.07, 6.45) is 0. The van der Waals surface area contributed by atoms with E-state index in [4.69, 9.17) is 16.7 Å². The van der Waals surface area contributed by atoms with Crippen molar-refractivity contribution in [2.45, 2.75) is 4.90 Å². The third-order valence-electron chi connectivity index (χ3n) is 6.80. The summed E-state index contributed by atoms with van der Waals surface area (Å²) in [4.78, 5) is 29.6. The highest BCUT2D eigenvalue weighted by Gasteiger charge is 2.43. The summed E-state index contributed by atoms with van der Waals surface area (Å²) >= 11 is 5.96. The number of amides is 2. The van der Waals surface area contributed by atoms with Crippen molar-refractivity contribution in [3.05, 3.63) is 88.9 Å². The average molecular weight is 510 g/mol. The van der Waals surface area contributed by atoms with Crippen LogP contribution in [0.1, 0.15) is 20.7 Å². The van der Waals surface area contributed by atoms with Gasteiger partial charge >= 0.3 is 0 Å². The van der Waals surface area contributed by atoms with Crippen molar-refractivity contribution in [3.8, 4) is 11.1 Å². The lowest BCUT2D eigenvalue weighted by molar-refractivity contribution is 0.0738. The number of sulfonamides is 1. The van der Waals surface area contributed by atoms with Crippen LogP contribution >= 0.6 is 11.6 Å². The second kappa shape index (κ2) is 9.11. The minimum atomic E-state index is -3.80. The topological polar surface area (TPSA) is 101 Å². The molecule has 2 N–H and O–H groups in total. The predicted molar refractivity (Wildman–Crippen MR) is 133 cm³/mol. The Kier molecular flexibility index (Phi) is 6.13. The fourth-order valence-electron chi connectivity index (χ4n) is 4.92. The number of likely N-dealkylation sites (tertiary alicyclic amines) is 2. The number of carbonyl (C=O) groups is 2. The highest BCUT2D eigenvalue weighted by molar-refractivity contribution is 7.89. The van der Waals surface area contributed by atoms with E-state index in [1.165, 1.54) is 24.3 Å². The van der Waals surface area contributed by atoms with Crippen LogP contribution in [0.3, 0.4) is 0 Å². The summed E-state index contributed by atoms with van der Waals surface area (Å²) in [7, 11) is -3.80. The molecule has 2 fully saturated rings. The minimum Gasteiger partial charge on any atom is -0.338 e. The van der Waals surface area contributed by atoms with Gasteiger partial charge in [0, 0.05) is 54.2 Å². The third-order valence-corrected chi connectivity index (χ3v) is 7.98. The lowest BCUT2D eigenvalue weighted by Gasteiger charge is -2.22. The van der Waals surface area contributed by atoms with Crippen LogP contribution in [0.2, 0.25) is 5.02 Å². The van der Waals surface area contributed by atoms with Gasteiger partial charge in [-0.15, -0.1) is 0 Å². The van der Waals surface area contributed by atoms with Crippen molar-refractivity contribution < 1.29 is 18.0 Å². The third kappa shape index (κ3) is 4.82. The predicted octanol–water partition coefficient (Wildman–Crippen LogP) is 3.50. The molecule has 3 aromatic carbocycles. The highest BCUT2D eigenvalue weighted by Crippen LogP contribution is 2.33. The van der Waals surface area contributed by atoms with Crippen LogP contribution in [0.25, 0.3) is 11.1 Å². The van der Waals surface area contributed by atoms with Crippen LogP contribution in [0.4, 0.5) is 0 Å². The summed E-state index contributed by atoms with van der Waals surface area (Å²) in [6, 6.07) is 20.8. The van der Waals surface area contributed by atoms with Crippen molar-refractivity contribution in [1.29, 1.82) is 0 Å². The first kappa shape index (κ1) is 23.5. The Morgan fingerprint density at radius 3 is 1.46 bits per heavy atom. The smallest absolute Gasteiger partial charge is 0.253 e. The number of rotatable bonds is 4. The summed E-state index contributed by atoms with van der Waals surface area (Å²) in [5.41, 5.74) is 3.12. The van der Waals surface area contributed by atoms with Crippen LogP contribution in [-0.2, 0) is 10.0 Å². The summed E-state index contributed by atoms with van der Waals surface area (Å²) in [5.74, 6) is 0.300.